The molecular weight excluding hydrogens is 264 g/mol. The molecule has 0 fully saturated rings. The molecule has 0 aliphatic rings. The summed E-state index contributed by atoms with van der Waals surface area (Å²) in [6, 6.07) is 7.09. The van der Waals surface area contributed by atoms with Crippen LogP contribution in [0.3, 0.4) is 0 Å². The van der Waals surface area contributed by atoms with Crippen molar-refractivity contribution >= 4 is 22.1 Å². The third-order valence-electron chi connectivity index (χ3n) is 1.79. The minimum atomic E-state index is -4.18. The van der Waals surface area contributed by atoms with Gasteiger partial charge in [-0.15, -0.1) is 0 Å². The second-order valence-electron chi connectivity index (χ2n) is 3.18. The number of hydrogen-bond acceptors (Lipinski definition) is 6. The van der Waals surface area contributed by atoms with Gasteiger partial charge in [0.05, 0.1) is 17.7 Å². The van der Waals surface area contributed by atoms with E-state index in [4.69, 9.17) is 5.11 Å². The molecule has 0 amide bonds. The van der Waals surface area contributed by atoms with Gasteiger partial charge in [-0.2, -0.15) is 8.42 Å². The van der Waals surface area contributed by atoms with Crippen LogP contribution in [0, 0.1) is 0 Å². The van der Waals surface area contributed by atoms with E-state index in [1.165, 1.54) is 24.3 Å². The monoisotopic (exact) mass is 274 g/mol. The Morgan fingerprint density at radius 2 is 1.72 bits per heavy atom. The van der Waals surface area contributed by atoms with Crippen molar-refractivity contribution < 1.29 is 32.3 Å². The number of carbonyl (C=O) groups is 2. The molecule has 0 unspecified atom stereocenters. The largest absolute Gasteiger partial charge is 0.481 e. The molecule has 0 bridgehead atoms. The van der Waals surface area contributed by atoms with Crippen LogP contribution in [0.1, 0.15) is 12.8 Å². The van der Waals surface area contributed by atoms with E-state index < -0.39 is 34.9 Å². The van der Waals surface area contributed by atoms with Crippen molar-refractivity contribution in [2.24, 2.45) is 0 Å². The van der Waals surface area contributed by atoms with Gasteiger partial charge in [0, 0.05) is 0 Å². The van der Waals surface area contributed by atoms with E-state index in [1.54, 1.807) is 6.07 Å². The summed E-state index contributed by atoms with van der Waals surface area (Å²) in [4.78, 5) is 25.0. The van der Waals surface area contributed by atoms with Gasteiger partial charge in [0.15, 0.2) is 0 Å². The molecule has 0 saturated heterocycles. The maximum absolute atomic E-state index is 11.5. The van der Waals surface area contributed by atoms with E-state index in [1.807, 2.05) is 0 Å². The van der Waals surface area contributed by atoms with Crippen molar-refractivity contribution in [2.45, 2.75) is 17.7 Å². The number of carbonyl (C=O) groups excluding carboxylic acids is 1. The minimum absolute atomic E-state index is 0.170. The van der Waals surface area contributed by atoms with Gasteiger partial charge < -0.3 is 5.11 Å². The van der Waals surface area contributed by atoms with Crippen molar-refractivity contribution in [3.05, 3.63) is 30.3 Å². The van der Waals surface area contributed by atoms with Gasteiger partial charge >= 0.3 is 22.1 Å². The predicted octanol–water partition coefficient (Wildman–Crippen LogP) is 0.715. The van der Waals surface area contributed by atoms with Crippen LogP contribution >= 0.6 is 0 Å². The van der Waals surface area contributed by atoms with Crippen molar-refractivity contribution in [3.8, 4) is 0 Å². The molecule has 0 spiro atoms. The lowest BCUT2D eigenvalue weighted by atomic mass is 10.3. The van der Waals surface area contributed by atoms with Crippen LogP contribution in [0.15, 0.2) is 35.2 Å². The van der Waals surface area contributed by atoms with Gasteiger partial charge in [0.1, 0.15) is 0 Å². The first-order valence-electron chi connectivity index (χ1n) is 4.82. The first-order chi connectivity index (χ1) is 8.42. The molecule has 18 heavy (non-hydrogen) atoms. The van der Waals surface area contributed by atoms with Crippen LogP contribution < -0.4 is 0 Å². The summed E-state index contributed by atoms with van der Waals surface area (Å²) >= 11 is 0. The van der Waals surface area contributed by atoms with E-state index in [2.05, 4.69) is 9.22 Å². The lowest BCUT2D eigenvalue weighted by Crippen LogP contribution is -2.13. The number of aliphatic carboxylic acids is 1. The average Bonchev–Trinajstić information content (AvgIpc) is 2.35. The Bertz CT molecular complexity index is 520. The molecule has 0 aliphatic carbocycles. The molecule has 1 aromatic carbocycles. The van der Waals surface area contributed by atoms with Gasteiger partial charge in [-0.1, -0.05) is 18.2 Å². The summed E-state index contributed by atoms with van der Waals surface area (Å²) in [6.07, 6.45) is -0.937. The van der Waals surface area contributed by atoms with Gasteiger partial charge in [-0.05, 0) is 16.5 Å². The molecule has 1 N–H and O–H groups in total. The van der Waals surface area contributed by atoms with Crippen molar-refractivity contribution in [1.29, 1.82) is 0 Å². The van der Waals surface area contributed by atoms with Gasteiger partial charge in [0.25, 0.3) is 0 Å². The zero-order chi connectivity index (χ0) is 13.6. The summed E-state index contributed by atoms with van der Waals surface area (Å²) in [6.45, 7) is 0. The highest BCUT2D eigenvalue weighted by molar-refractivity contribution is 7.86. The fraction of sp³-hybridized carbons (Fsp3) is 0.200. The summed E-state index contributed by atoms with van der Waals surface area (Å²) < 4.78 is 27.0. The van der Waals surface area contributed by atoms with E-state index in [9.17, 15) is 18.0 Å². The molecule has 98 valence electrons. The quantitative estimate of drug-likeness (QED) is 0.601. The fourth-order valence-corrected chi connectivity index (χ4v) is 1.69. The van der Waals surface area contributed by atoms with Gasteiger partial charge in [0.2, 0.25) is 0 Å². The lowest BCUT2D eigenvalue weighted by Gasteiger charge is -2.03. The molecule has 0 radical (unpaired) electrons. The zero-order valence-corrected chi connectivity index (χ0v) is 9.92. The summed E-state index contributed by atoms with van der Waals surface area (Å²) in [5, 5.41) is 8.30. The number of benzene rings is 1. The van der Waals surface area contributed by atoms with Crippen LogP contribution in [-0.4, -0.2) is 25.5 Å². The molecule has 0 aliphatic heterocycles. The highest BCUT2D eigenvalue weighted by atomic mass is 32.2. The maximum atomic E-state index is 11.5. The molecule has 0 heterocycles. The molecule has 7 nitrogen and oxygen atoms in total. The zero-order valence-electron chi connectivity index (χ0n) is 9.11. The van der Waals surface area contributed by atoms with Gasteiger partial charge in [-0.25, -0.2) is 4.79 Å². The number of hydrogen-bond donors (Lipinski definition) is 1. The Labute approximate surface area is 103 Å². The van der Waals surface area contributed by atoms with E-state index in [0.29, 0.717) is 0 Å². The fourth-order valence-electron chi connectivity index (χ4n) is 0.960. The maximum Gasteiger partial charge on any atom is 0.344 e. The summed E-state index contributed by atoms with van der Waals surface area (Å²) in [5.74, 6) is -2.27. The SMILES string of the molecule is O=C(O)CCC(=O)OOS(=O)(=O)c1ccccc1. The Balaban J connectivity index is 2.53. The van der Waals surface area contributed by atoms with E-state index in [-0.39, 0.29) is 4.90 Å². The number of rotatable bonds is 6. The van der Waals surface area contributed by atoms with E-state index >= 15 is 0 Å². The van der Waals surface area contributed by atoms with E-state index in [0.717, 1.165) is 0 Å². The molecular formula is C10H10O7S. The normalized spacial score (nSPS) is 10.9. The van der Waals surface area contributed by atoms with Crippen LogP contribution in [-0.2, 0) is 28.9 Å². The first-order valence-corrected chi connectivity index (χ1v) is 6.23. The molecule has 1 aromatic rings. The second-order valence-corrected chi connectivity index (χ2v) is 4.70. The van der Waals surface area contributed by atoms with Crippen LogP contribution in [0.4, 0.5) is 0 Å². The van der Waals surface area contributed by atoms with Crippen LogP contribution in [0.2, 0.25) is 0 Å². The van der Waals surface area contributed by atoms with Crippen LogP contribution in [0.25, 0.3) is 0 Å². The minimum Gasteiger partial charge on any atom is -0.481 e. The third-order valence-corrected chi connectivity index (χ3v) is 2.89. The van der Waals surface area contributed by atoms with Crippen LogP contribution in [0.5, 0.6) is 0 Å². The molecule has 0 aromatic heterocycles. The van der Waals surface area contributed by atoms with Crippen molar-refractivity contribution in [2.75, 3.05) is 0 Å². The highest BCUT2D eigenvalue weighted by Crippen LogP contribution is 2.11. The third kappa shape index (κ3) is 4.52. The first kappa shape index (κ1) is 14.1. The summed E-state index contributed by atoms with van der Waals surface area (Å²) in [5.41, 5.74) is 0. The second kappa shape index (κ2) is 6.12. The average molecular weight is 274 g/mol. The Morgan fingerprint density at radius 1 is 1.11 bits per heavy atom. The Kier molecular flexibility index (Phi) is 4.81. The predicted molar refractivity (Wildman–Crippen MR) is 57.7 cm³/mol. The number of carboxylic acids is 1. The molecule has 0 saturated carbocycles. The Morgan fingerprint density at radius 3 is 2.28 bits per heavy atom. The standard InChI is InChI=1S/C10H10O7S/c11-9(12)6-7-10(13)16-17-18(14,15)8-4-2-1-3-5-8/h1-5H,6-7H2,(H,11,12). The molecule has 8 heteroatoms. The van der Waals surface area contributed by atoms with Crippen molar-refractivity contribution in [3.63, 3.8) is 0 Å². The highest BCUT2D eigenvalue weighted by Gasteiger charge is 2.18. The van der Waals surface area contributed by atoms with Crippen molar-refractivity contribution in [1.82, 2.24) is 0 Å². The summed E-state index contributed by atoms with van der Waals surface area (Å²) in [7, 11) is -4.18. The lowest BCUT2D eigenvalue weighted by molar-refractivity contribution is -0.211. The molecule has 0 atom stereocenters. The molecule has 1 rings (SSSR count). The number of carboxylic acid groups (broad SMARTS) is 1. The Hall–Kier alpha value is -1.93. The topological polar surface area (TPSA) is 107 Å². The smallest absolute Gasteiger partial charge is 0.344 e. The van der Waals surface area contributed by atoms with Gasteiger partial charge in [-0.3, -0.25) is 9.68 Å².